The molecule has 0 unspecified atom stereocenters. The van der Waals surface area contributed by atoms with Gasteiger partial charge in [0.15, 0.2) is 0 Å². The lowest BCUT2D eigenvalue weighted by Crippen LogP contribution is -2.41. The zero-order valence-corrected chi connectivity index (χ0v) is 13.0. The summed E-state index contributed by atoms with van der Waals surface area (Å²) in [5, 5.41) is 9.51. The van der Waals surface area contributed by atoms with Gasteiger partial charge in [-0.3, -0.25) is 4.79 Å². The standard InChI is InChI=1S/C17H23FN2O/c1-4-9-17(13-19,10-5-2)16(21)20(3)12-14-7-6-8-15(18)11-14/h6-8,11H,4-5,9-10,12H2,1-3H3. The second-order valence-corrected chi connectivity index (χ2v) is 5.49. The van der Waals surface area contributed by atoms with E-state index in [0.29, 0.717) is 19.4 Å². The Labute approximate surface area is 126 Å². The highest BCUT2D eigenvalue weighted by Crippen LogP contribution is 2.31. The van der Waals surface area contributed by atoms with Gasteiger partial charge in [0.05, 0.1) is 6.07 Å². The van der Waals surface area contributed by atoms with Crippen molar-refractivity contribution in [2.24, 2.45) is 5.41 Å². The van der Waals surface area contributed by atoms with Crippen molar-refractivity contribution in [3.05, 3.63) is 35.6 Å². The molecule has 1 aromatic carbocycles. The van der Waals surface area contributed by atoms with E-state index in [9.17, 15) is 14.4 Å². The molecule has 0 heterocycles. The largest absolute Gasteiger partial charge is 0.340 e. The lowest BCUT2D eigenvalue weighted by atomic mass is 9.79. The van der Waals surface area contributed by atoms with E-state index in [1.165, 1.54) is 17.0 Å². The minimum Gasteiger partial charge on any atom is -0.340 e. The predicted molar refractivity (Wildman–Crippen MR) is 80.7 cm³/mol. The highest BCUT2D eigenvalue weighted by molar-refractivity contribution is 5.85. The molecular formula is C17H23FN2O. The van der Waals surface area contributed by atoms with Crippen LogP contribution >= 0.6 is 0 Å². The van der Waals surface area contributed by atoms with Crippen LogP contribution in [0.5, 0.6) is 0 Å². The minimum atomic E-state index is -0.953. The molecule has 0 fully saturated rings. The summed E-state index contributed by atoms with van der Waals surface area (Å²) < 4.78 is 13.2. The number of halogens is 1. The molecular weight excluding hydrogens is 267 g/mol. The van der Waals surface area contributed by atoms with E-state index in [1.54, 1.807) is 19.2 Å². The number of hydrogen-bond donors (Lipinski definition) is 0. The van der Waals surface area contributed by atoms with Crippen LogP contribution in [0, 0.1) is 22.6 Å². The summed E-state index contributed by atoms with van der Waals surface area (Å²) in [6.45, 7) is 4.26. The molecule has 1 aromatic rings. The van der Waals surface area contributed by atoms with E-state index in [2.05, 4.69) is 6.07 Å². The van der Waals surface area contributed by atoms with E-state index in [0.717, 1.165) is 18.4 Å². The highest BCUT2D eigenvalue weighted by Gasteiger charge is 2.38. The Morgan fingerprint density at radius 2 is 1.95 bits per heavy atom. The molecule has 0 aromatic heterocycles. The molecule has 0 radical (unpaired) electrons. The van der Waals surface area contributed by atoms with Crippen LogP contribution in [0.1, 0.15) is 45.1 Å². The number of hydrogen-bond acceptors (Lipinski definition) is 2. The van der Waals surface area contributed by atoms with Crippen molar-refractivity contribution in [1.82, 2.24) is 4.90 Å². The van der Waals surface area contributed by atoms with Crippen LogP contribution in [0.4, 0.5) is 4.39 Å². The van der Waals surface area contributed by atoms with Crippen molar-refractivity contribution in [2.45, 2.75) is 46.1 Å². The maximum Gasteiger partial charge on any atom is 0.243 e. The van der Waals surface area contributed by atoms with Crippen LogP contribution in [0.3, 0.4) is 0 Å². The molecule has 0 saturated carbocycles. The van der Waals surface area contributed by atoms with Gasteiger partial charge >= 0.3 is 0 Å². The molecule has 4 heteroatoms. The number of carbonyl (C=O) groups excluding carboxylic acids is 1. The fourth-order valence-corrected chi connectivity index (χ4v) is 2.70. The van der Waals surface area contributed by atoms with Gasteiger partial charge in [-0.25, -0.2) is 4.39 Å². The molecule has 0 aliphatic rings. The normalized spacial score (nSPS) is 11.0. The quantitative estimate of drug-likeness (QED) is 0.764. The number of rotatable bonds is 7. The fourth-order valence-electron chi connectivity index (χ4n) is 2.70. The maximum atomic E-state index is 13.2. The summed E-state index contributed by atoms with van der Waals surface area (Å²) in [7, 11) is 1.67. The third-order valence-corrected chi connectivity index (χ3v) is 3.63. The van der Waals surface area contributed by atoms with E-state index >= 15 is 0 Å². The monoisotopic (exact) mass is 290 g/mol. The molecule has 0 aliphatic heterocycles. The first-order chi connectivity index (χ1) is 9.99. The summed E-state index contributed by atoms with van der Waals surface area (Å²) in [6, 6.07) is 8.42. The molecule has 0 N–H and O–H groups in total. The summed E-state index contributed by atoms with van der Waals surface area (Å²) in [4.78, 5) is 14.2. The van der Waals surface area contributed by atoms with Gasteiger partial charge in [-0.2, -0.15) is 5.26 Å². The number of benzene rings is 1. The lowest BCUT2D eigenvalue weighted by molar-refractivity contribution is -0.139. The van der Waals surface area contributed by atoms with Crippen LogP contribution in [0.2, 0.25) is 0 Å². The van der Waals surface area contributed by atoms with Gasteiger partial charge in [0.1, 0.15) is 11.2 Å². The molecule has 0 bridgehead atoms. The zero-order chi connectivity index (χ0) is 15.9. The van der Waals surface area contributed by atoms with Crippen molar-refractivity contribution in [1.29, 1.82) is 5.26 Å². The average Bonchev–Trinajstić information content (AvgIpc) is 2.46. The van der Waals surface area contributed by atoms with E-state index < -0.39 is 5.41 Å². The van der Waals surface area contributed by atoms with Gasteiger partial charge in [0.25, 0.3) is 0 Å². The Morgan fingerprint density at radius 1 is 1.33 bits per heavy atom. The van der Waals surface area contributed by atoms with Crippen molar-refractivity contribution in [2.75, 3.05) is 7.05 Å². The number of carbonyl (C=O) groups is 1. The van der Waals surface area contributed by atoms with Crippen molar-refractivity contribution >= 4 is 5.91 Å². The molecule has 3 nitrogen and oxygen atoms in total. The van der Waals surface area contributed by atoms with E-state index in [4.69, 9.17) is 0 Å². The number of nitriles is 1. The van der Waals surface area contributed by atoms with Crippen molar-refractivity contribution in [3.8, 4) is 6.07 Å². The van der Waals surface area contributed by atoms with Crippen LogP contribution in [-0.2, 0) is 11.3 Å². The fraction of sp³-hybridized carbons (Fsp3) is 0.529. The Balaban J connectivity index is 2.90. The van der Waals surface area contributed by atoms with Crippen LogP contribution in [0.15, 0.2) is 24.3 Å². The van der Waals surface area contributed by atoms with E-state index in [1.807, 2.05) is 13.8 Å². The molecule has 1 rings (SSSR count). The Morgan fingerprint density at radius 3 is 2.43 bits per heavy atom. The number of nitrogens with zero attached hydrogens (tertiary/aromatic N) is 2. The smallest absolute Gasteiger partial charge is 0.243 e. The van der Waals surface area contributed by atoms with Crippen molar-refractivity contribution < 1.29 is 9.18 Å². The molecule has 114 valence electrons. The topological polar surface area (TPSA) is 44.1 Å². The molecule has 0 saturated heterocycles. The molecule has 21 heavy (non-hydrogen) atoms. The molecule has 0 spiro atoms. The minimum absolute atomic E-state index is 0.169. The molecule has 0 aliphatic carbocycles. The van der Waals surface area contributed by atoms with Gasteiger partial charge in [-0.05, 0) is 30.5 Å². The summed E-state index contributed by atoms with van der Waals surface area (Å²) in [5.41, 5.74) is -0.225. The third kappa shape index (κ3) is 4.29. The van der Waals surface area contributed by atoms with Gasteiger partial charge in [0, 0.05) is 13.6 Å². The lowest BCUT2D eigenvalue weighted by Gasteiger charge is -2.30. The number of amides is 1. The first-order valence-corrected chi connectivity index (χ1v) is 7.40. The Kier molecular flexibility index (Phi) is 6.36. The zero-order valence-electron chi connectivity index (χ0n) is 13.0. The summed E-state index contributed by atoms with van der Waals surface area (Å²) >= 11 is 0. The molecule has 1 amide bonds. The van der Waals surface area contributed by atoms with Crippen LogP contribution in [-0.4, -0.2) is 17.9 Å². The Bertz CT molecular complexity index is 516. The summed E-state index contributed by atoms with van der Waals surface area (Å²) in [5.74, 6) is -0.486. The van der Waals surface area contributed by atoms with E-state index in [-0.39, 0.29) is 11.7 Å². The maximum absolute atomic E-state index is 13.2. The first kappa shape index (κ1) is 17.2. The SMILES string of the molecule is CCCC(C#N)(CCC)C(=O)N(C)Cc1cccc(F)c1. The second-order valence-electron chi connectivity index (χ2n) is 5.49. The second kappa shape index (κ2) is 7.78. The average molecular weight is 290 g/mol. The molecule has 0 atom stereocenters. The predicted octanol–water partition coefficient (Wildman–Crippen LogP) is 3.89. The summed E-state index contributed by atoms with van der Waals surface area (Å²) in [6.07, 6.45) is 2.69. The van der Waals surface area contributed by atoms with Crippen LogP contribution < -0.4 is 0 Å². The first-order valence-electron chi connectivity index (χ1n) is 7.40. The van der Waals surface area contributed by atoms with Crippen LogP contribution in [0.25, 0.3) is 0 Å². The third-order valence-electron chi connectivity index (χ3n) is 3.63. The van der Waals surface area contributed by atoms with Crippen molar-refractivity contribution in [3.63, 3.8) is 0 Å². The highest BCUT2D eigenvalue weighted by atomic mass is 19.1. The Hall–Kier alpha value is -1.89. The van der Waals surface area contributed by atoms with Gasteiger partial charge in [-0.15, -0.1) is 0 Å². The van der Waals surface area contributed by atoms with Gasteiger partial charge < -0.3 is 4.90 Å². The van der Waals surface area contributed by atoms with Gasteiger partial charge in [0.2, 0.25) is 5.91 Å². The van der Waals surface area contributed by atoms with Gasteiger partial charge in [-0.1, -0.05) is 38.8 Å².